The second kappa shape index (κ2) is 2.55. The maximum atomic E-state index is 11.5. The third kappa shape index (κ3) is 0.948. The molecule has 66 valence electrons. The fraction of sp³-hybridized carbons (Fsp3) is 0.750. The molecule has 0 radical (unpaired) electrons. The SMILES string of the molecule is CC1NCCC2C(=O)N(C)N=C12. The lowest BCUT2D eigenvalue weighted by Crippen LogP contribution is -2.45. The van der Waals surface area contributed by atoms with Crippen LogP contribution in [0.2, 0.25) is 0 Å². The van der Waals surface area contributed by atoms with Crippen molar-refractivity contribution in [3.63, 3.8) is 0 Å². The van der Waals surface area contributed by atoms with E-state index in [9.17, 15) is 4.79 Å². The van der Waals surface area contributed by atoms with Crippen molar-refractivity contribution in [3.8, 4) is 0 Å². The van der Waals surface area contributed by atoms with Gasteiger partial charge in [-0.3, -0.25) is 4.79 Å². The molecule has 0 bridgehead atoms. The van der Waals surface area contributed by atoms with E-state index in [4.69, 9.17) is 0 Å². The normalized spacial score (nSPS) is 35.0. The predicted molar refractivity (Wildman–Crippen MR) is 45.8 cm³/mol. The monoisotopic (exact) mass is 167 g/mol. The highest BCUT2D eigenvalue weighted by atomic mass is 16.2. The Bertz CT molecular complexity index is 249. The van der Waals surface area contributed by atoms with Crippen LogP contribution in [0.3, 0.4) is 0 Å². The lowest BCUT2D eigenvalue weighted by atomic mass is 9.91. The molecule has 2 heterocycles. The van der Waals surface area contributed by atoms with E-state index < -0.39 is 0 Å². The van der Waals surface area contributed by atoms with Gasteiger partial charge in [0.05, 0.1) is 11.6 Å². The molecule has 2 atom stereocenters. The van der Waals surface area contributed by atoms with Crippen LogP contribution in [0.1, 0.15) is 13.3 Å². The highest BCUT2D eigenvalue weighted by Gasteiger charge is 2.38. The smallest absolute Gasteiger partial charge is 0.251 e. The molecular weight excluding hydrogens is 154 g/mol. The van der Waals surface area contributed by atoms with Crippen molar-refractivity contribution in [3.05, 3.63) is 0 Å². The Morgan fingerprint density at radius 2 is 2.42 bits per heavy atom. The van der Waals surface area contributed by atoms with Crippen molar-refractivity contribution in [2.75, 3.05) is 13.6 Å². The number of nitrogens with zero attached hydrogens (tertiary/aromatic N) is 2. The van der Waals surface area contributed by atoms with Crippen molar-refractivity contribution in [2.45, 2.75) is 19.4 Å². The average molecular weight is 167 g/mol. The number of hydrogen-bond donors (Lipinski definition) is 1. The molecule has 0 aromatic heterocycles. The number of piperidine rings is 1. The summed E-state index contributed by atoms with van der Waals surface area (Å²) in [6, 6.07) is 0.262. The van der Waals surface area contributed by atoms with Crippen molar-refractivity contribution in [1.82, 2.24) is 10.3 Å². The zero-order valence-corrected chi connectivity index (χ0v) is 7.37. The van der Waals surface area contributed by atoms with Crippen LogP contribution in [-0.4, -0.2) is 36.3 Å². The first-order chi connectivity index (χ1) is 5.70. The van der Waals surface area contributed by atoms with Crippen molar-refractivity contribution in [1.29, 1.82) is 0 Å². The Balaban J connectivity index is 2.27. The van der Waals surface area contributed by atoms with Crippen LogP contribution in [0.5, 0.6) is 0 Å². The van der Waals surface area contributed by atoms with E-state index in [1.807, 2.05) is 0 Å². The number of carbonyl (C=O) groups is 1. The van der Waals surface area contributed by atoms with E-state index in [0.29, 0.717) is 0 Å². The summed E-state index contributed by atoms with van der Waals surface area (Å²) in [5, 5.41) is 8.96. The van der Waals surface area contributed by atoms with Gasteiger partial charge in [-0.05, 0) is 19.9 Å². The number of rotatable bonds is 0. The fourth-order valence-corrected chi connectivity index (χ4v) is 1.85. The molecule has 4 nitrogen and oxygen atoms in total. The Morgan fingerprint density at radius 3 is 3.08 bits per heavy atom. The number of hydrogen-bond acceptors (Lipinski definition) is 3. The molecule has 12 heavy (non-hydrogen) atoms. The maximum Gasteiger partial charge on any atom is 0.251 e. The highest BCUT2D eigenvalue weighted by Crippen LogP contribution is 2.22. The third-order valence-electron chi connectivity index (χ3n) is 2.57. The van der Waals surface area contributed by atoms with E-state index in [0.717, 1.165) is 18.7 Å². The second-order valence-corrected chi connectivity index (χ2v) is 3.40. The van der Waals surface area contributed by atoms with Gasteiger partial charge in [0.2, 0.25) is 0 Å². The van der Waals surface area contributed by atoms with Crippen molar-refractivity contribution < 1.29 is 4.79 Å². The summed E-state index contributed by atoms with van der Waals surface area (Å²) < 4.78 is 0. The van der Waals surface area contributed by atoms with Gasteiger partial charge in [0, 0.05) is 13.1 Å². The molecule has 1 saturated heterocycles. The van der Waals surface area contributed by atoms with Gasteiger partial charge < -0.3 is 5.32 Å². The first-order valence-corrected chi connectivity index (χ1v) is 4.29. The zero-order valence-electron chi connectivity index (χ0n) is 7.37. The quantitative estimate of drug-likeness (QED) is 0.543. The van der Waals surface area contributed by atoms with Crippen molar-refractivity contribution >= 4 is 11.6 Å². The maximum absolute atomic E-state index is 11.5. The van der Waals surface area contributed by atoms with Gasteiger partial charge in [0.15, 0.2) is 0 Å². The molecule has 1 N–H and O–H groups in total. The minimum atomic E-state index is 0.0613. The van der Waals surface area contributed by atoms with Gasteiger partial charge in [-0.15, -0.1) is 0 Å². The summed E-state index contributed by atoms with van der Waals surface area (Å²) in [5.41, 5.74) is 1.01. The van der Waals surface area contributed by atoms with E-state index >= 15 is 0 Å². The molecule has 0 spiro atoms. The molecule has 0 aromatic rings. The van der Waals surface area contributed by atoms with Gasteiger partial charge in [-0.2, -0.15) is 5.10 Å². The first-order valence-electron chi connectivity index (χ1n) is 4.29. The van der Waals surface area contributed by atoms with Gasteiger partial charge >= 0.3 is 0 Å². The van der Waals surface area contributed by atoms with E-state index in [-0.39, 0.29) is 17.9 Å². The Hall–Kier alpha value is -0.900. The molecule has 2 aliphatic heterocycles. The van der Waals surface area contributed by atoms with Crippen LogP contribution in [0.4, 0.5) is 0 Å². The molecule has 0 saturated carbocycles. The standard InChI is InChI=1S/C8H13N3O/c1-5-7-6(3-4-9-5)8(12)11(2)10-7/h5-6,9H,3-4H2,1-2H3. The summed E-state index contributed by atoms with van der Waals surface area (Å²) in [7, 11) is 1.72. The molecule has 1 fully saturated rings. The minimum Gasteiger partial charge on any atom is -0.309 e. The largest absolute Gasteiger partial charge is 0.309 e. The van der Waals surface area contributed by atoms with Crippen LogP contribution in [0.15, 0.2) is 5.10 Å². The van der Waals surface area contributed by atoms with Crippen LogP contribution < -0.4 is 5.32 Å². The zero-order chi connectivity index (χ0) is 8.72. The van der Waals surface area contributed by atoms with Crippen LogP contribution in [0.25, 0.3) is 0 Å². The number of hydrazone groups is 1. The predicted octanol–water partition coefficient (Wildman–Crippen LogP) is -0.188. The van der Waals surface area contributed by atoms with Crippen LogP contribution in [0, 0.1) is 5.92 Å². The number of amides is 1. The topological polar surface area (TPSA) is 44.7 Å². The fourth-order valence-electron chi connectivity index (χ4n) is 1.85. The highest BCUT2D eigenvalue weighted by molar-refractivity contribution is 6.10. The Kier molecular flexibility index (Phi) is 1.65. The number of carbonyl (C=O) groups excluding carboxylic acids is 1. The van der Waals surface area contributed by atoms with E-state index in [1.165, 1.54) is 5.01 Å². The summed E-state index contributed by atoms with van der Waals surface area (Å²) in [5.74, 6) is 0.213. The molecule has 0 aliphatic carbocycles. The lowest BCUT2D eigenvalue weighted by Gasteiger charge is -2.23. The number of nitrogens with one attached hydrogen (secondary N) is 1. The number of fused-ring (bicyclic) bond motifs is 1. The van der Waals surface area contributed by atoms with Gasteiger partial charge in [-0.25, -0.2) is 5.01 Å². The van der Waals surface area contributed by atoms with Crippen LogP contribution in [-0.2, 0) is 4.79 Å². The van der Waals surface area contributed by atoms with Gasteiger partial charge in [-0.1, -0.05) is 0 Å². The molecular formula is C8H13N3O. The second-order valence-electron chi connectivity index (χ2n) is 3.40. The van der Waals surface area contributed by atoms with E-state index in [1.54, 1.807) is 7.05 Å². The summed E-state index contributed by atoms with van der Waals surface area (Å²) in [6.45, 7) is 2.97. The summed E-state index contributed by atoms with van der Waals surface area (Å²) in [6.07, 6.45) is 0.895. The van der Waals surface area contributed by atoms with Crippen molar-refractivity contribution in [2.24, 2.45) is 11.0 Å². The lowest BCUT2D eigenvalue weighted by molar-refractivity contribution is -0.130. The molecule has 2 unspecified atom stereocenters. The van der Waals surface area contributed by atoms with Gasteiger partial charge in [0.25, 0.3) is 5.91 Å². The molecule has 2 rings (SSSR count). The summed E-state index contributed by atoms with van der Waals surface area (Å²) in [4.78, 5) is 11.5. The Morgan fingerprint density at radius 1 is 1.67 bits per heavy atom. The molecule has 2 aliphatic rings. The van der Waals surface area contributed by atoms with Crippen LogP contribution >= 0.6 is 0 Å². The average Bonchev–Trinajstić information content (AvgIpc) is 2.32. The Labute approximate surface area is 71.6 Å². The van der Waals surface area contributed by atoms with E-state index in [2.05, 4.69) is 17.3 Å². The van der Waals surface area contributed by atoms with Gasteiger partial charge in [0.1, 0.15) is 0 Å². The molecule has 0 aromatic carbocycles. The minimum absolute atomic E-state index is 0.0613. The third-order valence-corrected chi connectivity index (χ3v) is 2.57. The first kappa shape index (κ1) is 7.73. The molecule has 1 amide bonds. The summed E-state index contributed by atoms with van der Waals surface area (Å²) >= 11 is 0. The molecule has 4 heteroatoms.